The molecule has 2 unspecified atom stereocenters. The zero-order valence-electron chi connectivity index (χ0n) is 15.3. The molecule has 1 aliphatic rings. The summed E-state index contributed by atoms with van der Waals surface area (Å²) in [6.07, 6.45) is 0. The number of methoxy groups -OCH3 is 1. The highest BCUT2D eigenvalue weighted by molar-refractivity contribution is 9.10. The van der Waals surface area contributed by atoms with E-state index in [1.807, 2.05) is 83.9 Å². The Hall–Kier alpha value is -3.10. The number of benzene rings is 3. The van der Waals surface area contributed by atoms with Gasteiger partial charge in [0.25, 0.3) is 0 Å². The van der Waals surface area contributed by atoms with E-state index >= 15 is 0 Å². The lowest BCUT2D eigenvalue weighted by Gasteiger charge is -2.22. The van der Waals surface area contributed by atoms with Crippen molar-refractivity contribution in [3.63, 3.8) is 0 Å². The minimum atomic E-state index is -0.436. The third-order valence-electron chi connectivity index (χ3n) is 4.86. The molecule has 1 heterocycles. The lowest BCUT2D eigenvalue weighted by atomic mass is 9.85. The smallest absolute Gasteiger partial charge is 0.151 e. The number of rotatable bonds is 4. The van der Waals surface area contributed by atoms with Crippen molar-refractivity contribution in [1.29, 1.82) is 5.26 Å². The summed E-state index contributed by atoms with van der Waals surface area (Å²) in [7, 11) is 1.65. The maximum absolute atomic E-state index is 10.0. The van der Waals surface area contributed by atoms with Crippen LogP contribution in [0.1, 0.15) is 17.0 Å². The van der Waals surface area contributed by atoms with Crippen LogP contribution in [0.3, 0.4) is 0 Å². The topological polar surface area (TPSA) is 48.6 Å². The molecule has 1 aliphatic heterocycles. The van der Waals surface area contributed by atoms with Gasteiger partial charge in [0.2, 0.25) is 0 Å². The van der Waals surface area contributed by atoms with Crippen LogP contribution in [0.25, 0.3) is 0 Å². The van der Waals surface area contributed by atoms with Crippen LogP contribution < -0.4 is 9.75 Å². The summed E-state index contributed by atoms with van der Waals surface area (Å²) in [4.78, 5) is 0. The highest BCUT2D eigenvalue weighted by Crippen LogP contribution is 2.37. The fourth-order valence-corrected chi connectivity index (χ4v) is 3.73. The fourth-order valence-electron chi connectivity index (χ4n) is 3.47. The Balaban J connectivity index is 1.83. The van der Waals surface area contributed by atoms with Gasteiger partial charge in [0, 0.05) is 4.47 Å². The summed E-state index contributed by atoms with van der Waals surface area (Å²) < 4.78 is 6.30. The van der Waals surface area contributed by atoms with Crippen molar-refractivity contribution in [2.45, 2.75) is 12.0 Å². The van der Waals surface area contributed by atoms with Gasteiger partial charge in [-0.15, -0.1) is 0 Å². The Morgan fingerprint density at radius 2 is 1.64 bits per heavy atom. The number of ether oxygens (including phenoxy) is 1. The zero-order valence-corrected chi connectivity index (χ0v) is 16.9. The second-order valence-electron chi connectivity index (χ2n) is 6.50. The first-order chi connectivity index (χ1) is 13.7. The van der Waals surface area contributed by atoms with Crippen LogP contribution in [0.15, 0.2) is 88.4 Å². The summed E-state index contributed by atoms with van der Waals surface area (Å²) >= 11 is 3.49. The van der Waals surface area contributed by atoms with Crippen molar-refractivity contribution in [1.82, 2.24) is 0 Å². The van der Waals surface area contributed by atoms with Crippen LogP contribution in [-0.4, -0.2) is 18.9 Å². The van der Waals surface area contributed by atoms with Crippen molar-refractivity contribution in [3.05, 3.63) is 94.5 Å². The first kappa shape index (κ1) is 18.3. The first-order valence-electron chi connectivity index (χ1n) is 8.93. The van der Waals surface area contributed by atoms with Crippen LogP contribution in [0.5, 0.6) is 5.75 Å². The van der Waals surface area contributed by atoms with E-state index in [4.69, 9.17) is 9.84 Å². The minimum absolute atomic E-state index is 0.169. The van der Waals surface area contributed by atoms with Gasteiger partial charge in [-0.2, -0.15) is 10.4 Å². The molecule has 0 amide bonds. The van der Waals surface area contributed by atoms with Gasteiger partial charge in [-0.05, 0) is 47.5 Å². The summed E-state index contributed by atoms with van der Waals surface area (Å²) in [6.45, 7) is 0. The number of halogens is 1. The second kappa shape index (κ2) is 7.87. The summed E-state index contributed by atoms with van der Waals surface area (Å²) in [5, 5.41) is 16.8. The monoisotopic (exact) mass is 431 g/mol. The standard InChI is InChI=1S/C23H18BrN3O/c1-28-20-13-9-16(10-14-20)22-21(15-25)27(19-5-3-2-4-6-19)26-23(22)17-7-11-18(24)12-8-17/h2-14,21-22H,1H3. The van der Waals surface area contributed by atoms with E-state index in [1.165, 1.54) is 0 Å². The summed E-state index contributed by atoms with van der Waals surface area (Å²) in [5.74, 6) is 0.620. The number of hydrazone groups is 1. The molecule has 0 bridgehead atoms. The molecule has 0 saturated heterocycles. The van der Waals surface area contributed by atoms with E-state index < -0.39 is 6.04 Å². The Morgan fingerprint density at radius 1 is 0.964 bits per heavy atom. The van der Waals surface area contributed by atoms with Crippen molar-refractivity contribution < 1.29 is 4.74 Å². The quantitative estimate of drug-likeness (QED) is 0.558. The van der Waals surface area contributed by atoms with Crippen LogP contribution in [0.4, 0.5) is 5.69 Å². The maximum Gasteiger partial charge on any atom is 0.151 e. The number of anilines is 1. The zero-order chi connectivity index (χ0) is 19.5. The molecule has 0 saturated carbocycles. The number of nitrogens with zero attached hydrogens (tertiary/aromatic N) is 3. The maximum atomic E-state index is 10.0. The summed E-state index contributed by atoms with van der Waals surface area (Å²) in [5.41, 5.74) is 3.82. The normalized spacial score (nSPS) is 18.5. The van der Waals surface area contributed by atoms with Gasteiger partial charge in [-0.25, -0.2) is 5.01 Å². The van der Waals surface area contributed by atoms with Gasteiger partial charge in [-0.1, -0.05) is 58.4 Å². The molecular formula is C23H18BrN3O. The van der Waals surface area contributed by atoms with Gasteiger partial charge < -0.3 is 4.74 Å². The molecule has 2 atom stereocenters. The molecule has 0 radical (unpaired) electrons. The van der Waals surface area contributed by atoms with E-state index in [9.17, 15) is 5.26 Å². The van der Waals surface area contributed by atoms with Gasteiger partial charge in [0.1, 0.15) is 5.75 Å². The van der Waals surface area contributed by atoms with E-state index in [2.05, 4.69) is 22.0 Å². The number of hydrogen-bond donors (Lipinski definition) is 0. The summed E-state index contributed by atoms with van der Waals surface area (Å²) in [6, 6.07) is 27.8. The van der Waals surface area contributed by atoms with Crippen LogP contribution in [0, 0.1) is 11.3 Å². The molecule has 4 rings (SSSR count). The number of hydrogen-bond acceptors (Lipinski definition) is 4. The predicted molar refractivity (Wildman–Crippen MR) is 115 cm³/mol. The fraction of sp³-hybridized carbons (Fsp3) is 0.130. The molecule has 3 aromatic carbocycles. The highest BCUT2D eigenvalue weighted by atomic mass is 79.9. The average molecular weight is 432 g/mol. The van der Waals surface area contributed by atoms with Gasteiger partial charge in [-0.3, -0.25) is 0 Å². The molecule has 0 fully saturated rings. The van der Waals surface area contributed by atoms with Gasteiger partial charge >= 0.3 is 0 Å². The average Bonchev–Trinajstić information content (AvgIpc) is 3.14. The molecule has 4 nitrogen and oxygen atoms in total. The van der Waals surface area contributed by atoms with Crippen molar-refractivity contribution >= 4 is 27.3 Å². The lowest BCUT2D eigenvalue weighted by molar-refractivity contribution is 0.414. The number of nitriles is 1. The first-order valence-corrected chi connectivity index (χ1v) is 9.73. The molecule has 3 aromatic rings. The molecular weight excluding hydrogens is 414 g/mol. The Bertz CT molecular complexity index is 1020. The van der Waals surface area contributed by atoms with Crippen LogP contribution in [0.2, 0.25) is 0 Å². The van der Waals surface area contributed by atoms with Crippen molar-refractivity contribution in [3.8, 4) is 11.8 Å². The second-order valence-corrected chi connectivity index (χ2v) is 7.41. The molecule has 28 heavy (non-hydrogen) atoms. The van der Waals surface area contributed by atoms with Crippen molar-refractivity contribution in [2.75, 3.05) is 12.1 Å². The van der Waals surface area contributed by atoms with E-state index in [0.717, 1.165) is 32.7 Å². The third kappa shape index (κ3) is 3.39. The lowest BCUT2D eigenvalue weighted by Crippen LogP contribution is -2.30. The minimum Gasteiger partial charge on any atom is -0.497 e. The van der Waals surface area contributed by atoms with Crippen LogP contribution >= 0.6 is 15.9 Å². The highest BCUT2D eigenvalue weighted by Gasteiger charge is 2.40. The van der Waals surface area contributed by atoms with Gasteiger partial charge in [0.15, 0.2) is 6.04 Å². The molecule has 0 aromatic heterocycles. The Kier molecular flexibility index (Phi) is 5.14. The molecule has 0 N–H and O–H groups in total. The third-order valence-corrected chi connectivity index (χ3v) is 5.39. The van der Waals surface area contributed by atoms with E-state index in [0.29, 0.717) is 0 Å². The predicted octanol–water partition coefficient (Wildman–Crippen LogP) is 5.36. The Labute approximate surface area is 172 Å². The van der Waals surface area contributed by atoms with E-state index in [-0.39, 0.29) is 5.92 Å². The van der Waals surface area contributed by atoms with Crippen molar-refractivity contribution in [2.24, 2.45) is 5.10 Å². The molecule has 0 spiro atoms. The SMILES string of the molecule is COc1ccc(C2C(c3ccc(Br)cc3)=NN(c3ccccc3)C2C#N)cc1. The number of para-hydroxylation sites is 1. The Morgan fingerprint density at radius 3 is 2.25 bits per heavy atom. The van der Waals surface area contributed by atoms with Crippen LogP contribution in [-0.2, 0) is 0 Å². The largest absolute Gasteiger partial charge is 0.497 e. The van der Waals surface area contributed by atoms with Gasteiger partial charge in [0.05, 0.1) is 30.5 Å². The molecule has 0 aliphatic carbocycles. The molecule has 5 heteroatoms. The molecule has 138 valence electrons. The van der Waals surface area contributed by atoms with E-state index in [1.54, 1.807) is 7.11 Å².